The van der Waals surface area contributed by atoms with Crippen LogP contribution < -0.4 is 0 Å². The van der Waals surface area contributed by atoms with Crippen molar-refractivity contribution in [2.24, 2.45) is 17.8 Å². The third-order valence-corrected chi connectivity index (χ3v) is 4.07. The summed E-state index contributed by atoms with van der Waals surface area (Å²) in [5.41, 5.74) is -0.0642. The van der Waals surface area contributed by atoms with Gasteiger partial charge in [-0.2, -0.15) is 0 Å². The minimum atomic E-state index is -0.106. The molecule has 2 nitrogen and oxygen atoms in total. The molecule has 3 rings (SSSR count). The van der Waals surface area contributed by atoms with E-state index in [1.165, 1.54) is 19.8 Å². The molecular formula is C11H14O2. The molecule has 3 aliphatic rings. The number of allylic oxidation sites excluding steroid dienone is 1. The molecule has 0 aliphatic heterocycles. The zero-order valence-electron chi connectivity index (χ0n) is 7.82. The van der Waals surface area contributed by atoms with E-state index in [9.17, 15) is 4.79 Å². The summed E-state index contributed by atoms with van der Waals surface area (Å²) in [7, 11) is 0. The number of esters is 1. The van der Waals surface area contributed by atoms with Gasteiger partial charge in [0, 0.05) is 18.8 Å². The maximum atomic E-state index is 11.0. The van der Waals surface area contributed by atoms with Gasteiger partial charge < -0.3 is 4.74 Å². The maximum Gasteiger partial charge on any atom is 0.303 e. The van der Waals surface area contributed by atoms with Crippen LogP contribution in [0, 0.1) is 17.8 Å². The number of carbonyl (C=O) groups excluding carboxylic acids is 1. The van der Waals surface area contributed by atoms with Crippen molar-refractivity contribution in [1.82, 2.24) is 0 Å². The fraction of sp³-hybridized carbons (Fsp3) is 0.727. The SMILES string of the molecule is CC(=O)OC12CCC1C1C=CC2C1. The summed E-state index contributed by atoms with van der Waals surface area (Å²) in [6, 6.07) is 0. The molecule has 0 radical (unpaired) electrons. The molecule has 2 heteroatoms. The summed E-state index contributed by atoms with van der Waals surface area (Å²) < 4.78 is 5.54. The van der Waals surface area contributed by atoms with Crippen LogP contribution in [0.1, 0.15) is 26.2 Å². The van der Waals surface area contributed by atoms with E-state index >= 15 is 0 Å². The van der Waals surface area contributed by atoms with E-state index in [4.69, 9.17) is 4.74 Å². The fourth-order valence-electron chi connectivity index (χ4n) is 3.49. The molecule has 0 N–H and O–H groups in total. The van der Waals surface area contributed by atoms with Gasteiger partial charge in [0.15, 0.2) is 0 Å². The molecule has 70 valence electrons. The first-order chi connectivity index (χ1) is 6.22. The highest BCUT2D eigenvalue weighted by Crippen LogP contribution is 2.62. The lowest BCUT2D eigenvalue weighted by Crippen LogP contribution is -2.53. The van der Waals surface area contributed by atoms with E-state index in [0.717, 1.165) is 6.42 Å². The Morgan fingerprint density at radius 3 is 2.92 bits per heavy atom. The number of rotatable bonds is 1. The van der Waals surface area contributed by atoms with E-state index < -0.39 is 0 Å². The quantitative estimate of drug-likeness (QED) is 0.453. The van der Waals surface area contributed by atoms with E-state index in [2.05, 4.69) is 12.2 Å². The number of hydrogen-bond donors (Lipinski definition) is 0. The first kappa shape index (κ1) is 7.60. The zero-order chi connectivity index (χ0) is 9.05. The third kappa shape index (κ3) is 0.767. The Kier molecular flexibility index (Phi) is 1.27. The van der Waals surface area contributed by atoms with Gasteiger partial charge in [0.05, 0.1) is 0 Å². The molecule has 2 fully saturated rings. The summed E-state index contributed by atoms with van der Waals surface area (Å²) in [5, 5.41) is 0. The standard InChI is InChI=1S/C11H14O2/c1-7(12)13-11-5-4-10(11)8-2-3-9(11)6-8/h2-3,8-10H,4-6H2,1H3. The van der Waals surface area contributed by atoms with Gasteiger partial charge >= 0.3 is 5.97 Å². The Balaban J connectivity index is 1.91. The first-order valence-electron chi connectivity index (χ1n) is 5.10. The van der Waals surface area contributed by atoms with Crippen molar-refractivity contribution in [1.29, 1.82) is 0 Å². The lowest BCUT2D eigenvalue weighted by atomic mass is 9.64. The second-order valence-corrected chi connectivity index (χ2v) is 4.58. The molecule has 0 aromatic heterocycles. The molecule has 3 aliphatic carbocycles. The average molecular weight is 178 g/mol. The number of fused-ring (bicyclic) bond motifs is 5. The van der Waals surface area contributed by atoms with Crippen molar-refractivity contribution in [3.05, 3.63) is 12.2 Å². The Hall–Kier alpha value is -0.790. The van der Waals surface area contributed by atoms with Crippen LogP contribution in [-0.4, -0.2) is 11.6 Å². The first-order valence-corrected chi connectivity index (χ1v) is 5.10. The van der Waals surface area contributed by atoms with Gasteiger partial charge in [0.1, 0.15) is 5.60 Å². The third-order valence-electron chi connectivity index (χ3n) is 4.07. The van der Waals surface area contributed by atoms with Crippen LogP contribution in [0.15, 0.2) is 12.2 Å². The number of ether oxygens (including phenoxy) is 1. The van der Waals surface area contributed by atoms with Gasteiger partial charge in [0.25, 0.3) is 0 Å². The van der Waals surface area contributed by atoms with E-state index in [1.807, 2.05) is 0 Å². The lowest BCUT2D eigenvalue weighted by Gasteiger charge is -2.49. The largest absolute Gasteiger partial charge is 0.458 e. The van der Waals surface area contributed by atoms with Crippen molar-refractivity contribution in [2.45, 2.75) is 31.8 Å². The highest BCUT2D eigenvalue weighted by atomic mass is 16.6. The van der Waals surface area contributed by atoms with Crippen LogP contribution in [0.3, 0.4) is 0 Å². The predicted octanol–water partition coefficient (Wildman–Crippen LogP) is 1.90. The Labute approximate surface area is 78.0 Å². The second-order valence-electron chi connectivity index (χ2n) is 4.58. The van der Waals surface area contributed by atoms with E-state index in [1.54, 1.807) is 0 Å². The molecular weight excluding hydrogens is 164 g/mol. The minimum absolute atomic E-state index is 0.0642. The molecule has 0 aromatic carbocycles. The van der Waals surface area contributed by atoms with Gasteiger partial charge in [-0.1, -0.05) is 12.2 Å². The highest BCUT2D eigenvalue weighted by Gasteiger charge is 2.63. The molecule has 2 bridgehead atoms. The Morgan fingerprint density at radius 1 is 1.54 bits per heavy atom. The summed E-state index contributed by atoms with van der Waals surface area (Å²) in [6.45, 7) is 1.53. The number of carbonyl (C=O) groups is 1. The van der Waals surface area contributed by atoms with Crippen LogP contribution in [0.5, 0.6) is 0 Å². The maximum absolute atomic E-state index is 11.0. The Morgan fingerprint density at radius 2 is 2.38 bits per heavy atom. The molecule has 4 atom stereocenters. The summed E-state index contributed by atoms with van der Waals surface area (Å²) in [4.78, 5) is 11.0. The van der Waals surface area contributed by atoms with Crippen molar-refractivity contribution >= 4 is 5.97 Å². The van der Waals surface area contributed by atoms with Crippen molar-refractivity contribution < 1.29 is 9.53 Å². The molecule has 4 unspecified atom stereocenters. The van der Waals surface area contributed by atoms with Gasteiger partial charge in [-0.15, -0.1) is 0 Å². The van der Waals surface area contributed by atoms with Crippen LogP contribution in [0.4, 0.5) is 0 Å². The predicted molar refractivity (Wildman–Crippen MR) is 48.0 cm³/mol. The van der Waals surface area contributed by atoms with Crippen LogP contribution >= 0.6 is 0 Å². The smallest absolute Gasteiger partial charge is 0.303 e. The van der Waals surface area contributed by atoms with Crippen molar-refractivity contribution in [3.8, 4) is 0 Å². The van der Waals surface area contributed by atoms with Crippen molar-refractivity contribution in [3.63, 3.8) is 0 Å². The molecule has 0 spiro atoms. The normalized spacial score (nSPS) is 50.1. The molecule has 13 heavy (non-hydrogen) atoms. The van der Waals surface area contributed by atoms with Crippen LogP contribution in [0.25, 0.3) is 0 Å². The van der Waals surface area contributed by atoms with E-state index in [-0.39, 0.29) is 11.6 Å². The molecule has 0 amide bonds. The van der Waals surface area contributed by atoms with Crippen LogP contribution in [-0.2, 0) is 9.53 Å². The highest BCUT2D eigenvalue weighted by molar-refractivity contribution is 5.67. The molecule has 0 saturated heterocycles. The van der Waals surface area contributed by atoms with Gasteiger partial charge in [0.2, 0.25) is 0 Å². The van der Waals surface area contributed by atoms with Gasteiger partial charge in [-0.25, -0.2) is 0 Å². The second kappa shape index (κ2) is 2.17. The minimum Gasteiger partial charge on any atom is -0.458 e. The van der Waals surface area contributed by atoms with E-state index in [0.29, 0.717) is 17.8 Å². The summed E-state index contributed by atoms with van der Waals surface area (Å²) in [6.07, 6.45) is 8.12. The van der Waals surface area contributed by atoms with Crippen LogP contribution in [0.2, 0.25) is 0 Å². The number of hydrogen-bond acceptors (Lipinski definition) is 2. The zero-order valence-corrected chi connectivity index (χ0v) is 7.82. The lowest BCUT2D eigenvalue weighted by molar-refractivity contribution is -0.183. The molecule has 0 aromatic rings. The summed E-state index contributed by atoms with van der Waals surface area (Å²) >= 11 is 0. The molecule has 2 saturated carbocycles. The monoisotopic (exact) mass is 178 g/mol. The topological polar surface area (TPSA) is 26.3 Å². The Bertz CT molecular complexity index is 294. The molecule has 0 heterocycles. The van der Waals surface area contributed by atoms with Gasteiger partial charge in [-0.05, 0) is 25.2 Å². The van der Waals surface area contributed by atoms with Crippen molar-refractivity contribution in [2.75, 3.05) is 0 Å². The fourth-order valence-corrected chi connectivity index (χ4v) is 3.49. The average Bonchev–Trinajstić information content (AvgIpc) is 2.50. The van der Waals surface area contributed by atoms with Gasteiger partial charge in [-0.3, -0.25) is 4.79 Å². The summed E-state index contributed by atoms with van der Waals surface area (Å²) in [5.74, 6) is 1.77.